The molecule has 3 rings (SSSR count). The van der Waals surface area contributed by atoms with Crippen molar-refractivity contribution in [3.8, 4) is 5.75 Å². The zero-order valence-electron chi connectivity index (χ0n) is 19.7. The van der Waals surface area contributed by atoms with E-state index in [0.29, 0.717) is 24.5 Å². The Morgan fingerprint density at radius 3 is 2.15 bits per heavy atom. The topological polar surface area (TPSA) is 113 Å². The molecule has 9 nitrogen and oxygen atoms in total. The average Bonchev–Trinajstić information content (AvgIpc) is 3.30. The molecule has 0 spiro atoms. The van der Waals surface area contributed by atoms with Gasteiger partial charge in [0.25, 0.3) is 0 Å². The van der Waals surface area contributed by atoms with Crippen LogP contribution in [0, 0.1) is 13.8 Å². The molecule has 0 aromatic heterocycles. The van der Waals surface area contributed by atoms with Gasteiger partial charge in [0.2, 0.25) is 26.0 Å². The molecule has 0 aliphatic carbocycles. The van der Waals surface area contributed by atoms with Crippen molar-refractivity contribution >= 4 is 31.6 Å². The third kappa shape index (κ3) is 6.71. The number of ether oxygens (including phenoxy) is 1. The number of amides is 1. The molecule has 0 atom stereocenters. The molecule has 1 fully saturated rings. The van der Waals surface area contributed by atoms with Gasteiger partial charge < -0.3 is 10.1 Å². The van der Waals surface area contributed by atoms with Crippen molar-refractivity contribution in [2.75, 3.05) is 43.3 Å². The van der Waals surface area contributed by atoms with Crippen LogP contribution in [0.2, 0.25) is 0 Å². The van der Waals surface area contributed by atoms with E-state index >= 15 is 0 Å². The van der Waals surface area contributed by atoms with Gasteiger partial charge in [-0.15, -0.1) is 0 Å². The van der Waals surface area contributed by atoms with Crippen molar-refractivity contribution in [3.05, 3.63) is 53.6 Å². The third-order valence-electron chi connectivity index (χ3n) is 5.40. The zero-order chi connectivity index (χ0) is 24.9. The second kappa shape index (κ2) is 10.7. The second-order valence-corrected chi connectivity index (χ2v) is 12.2. The van der Waals surface area contributed by atoms with E-state index in [4.69, 9.17) is 4.74 Å². The second-order valence-electron chi connectivity index (χ2n) is 8.40. The maximum absolute atomic E-state index is 12.6. The first kappa shape index (κ1) is 26.0. The van der Waals surface area contributed by atoms with E-state index in [9.17, 15) is 21.6 Å². The Morgan fingerprint density at radius 1 is 1.00 bits per heavy atom. The quantitative estimate of drug-likeness (QED) is 0.491. The first-order valence-corrected chi connectivity index (χ1v) is 14.3. The highest BCUT2D eigenvalue weighted by atomic mass is 32.2. The van der Waals surface area contributed by atoms with Crippen LogP contribution in [0.3, 0.4) is 0 Å². The summed E-state index contributed by atoms with van der Waals surface area (Å²) in [4.78, 5) is 12.6. The van der Waals surface area contributed by atoms with Crippen LogP contribution in [0.5, 0.6) is 5.75 Å². The Kier molecular flexibility index (Phi) is 8.21. The number of rotatable bonds is 10. The lowest BCUT2D eigenvalue weighted by molar-refractivity contribution is -0.119. The average molecular weight is 510 g/mol. The summed E-state index contributed by atoms with van der Waals surface area (Å²) in [7, 11) is -7.13. The lowest BCUT2D eigenvalue weighted by atomic mass is 10.1. The lowest BCUT2D eigenvalue weighted by Gasteiger charge is -2.22. The highest BCUT2D eigenvalue weighted by Crippen LogP contribution is 2.23. The minimum atomic E-state index is -3.65. The molecule has 11 heteroatoms. The minimum Gasteiger partial charge on any atom is -0.492 e. The van der Waals surface area contributed by atoms with Gasteiger partial charge >= 0.3 is 0 Å². The molecule has 186 valence electrons. The van der Waals surface area contributed by atoms with Gasteiger partial charge in [0.1, 0.15) is 18.9 Å². The van der Waals surface area contributed by atoms with E-state index in [1.807, 2.05) is 19.9 Å². The SMILES string of the molecule is Cc1cc(C)cc(N(CC(=O)NCCOc2ccc(S(=O)(=O)N3CCCC3)cc2)S(C)(=O)=O)c1. The first-order valence-electron chi connectivity index (χ1n) is 11.0. The smallest absolute Gasteiger partial charge is 0.243 e. The van der Waals surface area contributed by atoms with Gasteiger partial charge in [0, 0.05) is 13.1 Å². The molecule has 0 bridgehead atoms. The molecule has 1 saturated heterocycles. The number of anilines is 1. The Hall–Kier alpha value is -2.63. The molecule has 1 N–H and O–H groups in total. The van der Waals surface area contributed by atoms with Gasteiger partial charge in [0.15, 0.2) is 0 Å². The van der Waals surface area contributed by atoms with Crippen molar-refractivity contribution in [3.63, 3.8) is 0 Å². The number of benzene rings is 2. The summed E-state index contributed by atoms with van der Waals surface area (Å²) in [6.45, 7) is 4.78. The molecule has 0 saturated carbocycles. The summed E-state index contributed by atoms with van der Waals surface area (Å²) in [6.07, 6.45) is 2.81. The zero-order valence-corrected chi connectivity index (χ0v) is 21.3. The fourth-order valence-electron chi connectivity index (χ4n) is 3.83. The van der Waals surface area contributed by atoms with Gasteiger partial charge in [-0.1, -0.05) is 6.07 Å². The van der Waals surface area contributed by atoms with Crippen molar-refractivity contribution in [1.82, 2.24) is 9.62 Å². The molecule has 2 aromatic carbocycles. The largest absolute Gasteiger partial charge is 0.492 e. The summed E-state index contributed by atoms with van der Waals surface area (Å²) >= 11 is 0. The van der Waals surface area contributed by atoms with Gasteiger partial charge in [-0.25, -0.2) is 16.8 Å². The molecule has 0 unspecified atom stereocenters. The van der Waals surface area contributed by atoms with Gasteiger partial charge in [-0.3, -0.25) is 9.10 Å². The predicted molar refractivity (Wildman–Crippen MR) is 131 cm³/mol. The number of hydrogen-bond donors (Lipinski definition) is 1. The maximum Gasteiger partial charge on any atom is 0.243 e. The highest BCUT2D eigenvalue weighted by molar-refractivity contribution is 7.92. The van der Waals surface area contributed by atoms with Crippen molar-refractivity contribution in [2.45, 2.75) is 31.6 Å². The van der Waals surface area contributed by atoms with E-state index in [1.165, 1.54) is 16.4 Å². The number of carbonyl (C=O) groups excluding carboxylic acids is 1. The lowest BCUT2D eigenvalue weighted by Crippen LogP contribution is -2.41. The van der Waals surface area contributed by atoms with Gasteiger partial charge in [-0.05, 0) is 74.2 Å². The Bertz CT molecular complexity index is 1200. The fourth-order valence-corrected chi connectivity index (χ4v) is 6.18. The Morgan fingerprint density at radius 2 is 1.59 bits per heavy atom. The first-order chi connectivity index (χ1) is 16.0. The minimum absolute atomic E-state index is 0.145. The molecular formula is C23H31N3O6S2. The van der Waals surface area contributed by atoms with Crippen LogP contribution in [-0.4, -0.2) is 66.1 Å². The molecule has 2 aromatic rings. The van der Waals surface area contributed by atoms with Crippen LogP contribution >= 0.6 is 0 Å². The van der Waals surface area contributed by atoms with Gasteiger partial charge in [-0.2, -0.15) is 4.31 Å². The van der Waals surface area contributed by atoms with E-state index < -0.39 is 26.0 Å². The normalized spacial score (nSPS) is 14.7. The molecule has 0 radical (unpaired) electrons. The van der Waals surface area contributed by atoms with E-state index in [-0.39, 0.29) is 24.6 Å². The summed E-state index contributed by atoms with van der Waals surface area (Å²) in [5.41, 5.74) is 2.24. The summed E-state index contributed by atoms with van der Waals surface area (Å²) in [6, 6.07) is 11.5. The molecule has 1 aliphatic rings. The van der Waals surface area contributed by atoms with Crippen LogP contribution < -0.4 is 14.4 Å². The number of carbonyl (C=O) groups is 1. The molecule has 1 aliphatic heterocycles. The Labute approximate surface area is 201 Å². The van der Waals surface area contributed by atoms with Crippen molar-refractivity contribution in [2.24, 2.45) is 0 Å². The molecule has 1 amide bonds. The number of hydrogen-bond acceptors (Lipinski definition) is 6. The summed E-state index contributed by atoms with van der Waals surface area (Å²) in [5, 5.41) is 2.65. The predicted octanol–water partition coefficient (Wildman–Crippen LogP) is 2.05. The standard InChI is InChI=1S/C23H31N3O6S2/c1-18-14-19(2)16-20(15-18)26(33(3,28)29)17-23(27)24-10-13-32-21-6-8-22(9-7-21)34(30,31)25-11-4-5-12-25/h6-9,14-16H,4-5,10-13,17H2,1-3H3,(H,24,27). The molecular weight excluding hydrogens is 478 g/mol. The number of nitrogens with one attached hydrogen (secondary N) is 1. The number of sulfonamides is 2. The Balaban J connectivity index is 1.51. The van der Waals surface area contributed by atoms with Crippen LogP contribution in [0.25, 0.3) is 0 Å². The van der Waals surface area contributed by atoms with E-state index in [0.717, 1.165) is 34.5 Å². The fraction of sp³-hybridized carbons (Fsp3) is 0.435. The monoisotopic (exact) mass is 509 g/mol. The van der Waals surface area contributed by atoms with Crippen LogP contribution in [0.1, 0.15) is 24.0 Å². The van der Waals surface area contributed by atoms with E-state index in [1.54, 1.807) is 24.3 Å². The van der Waals surface area contributed by atoms with Gasteiger partial charge in [0.05, 0.1) is 23.4 Å². The van der Waals surface area contributed by atoms with E-state index in [2.05, 4.69) is 5.32 Å². The van der Waals surface area contributed by atoms with Crippen molar-refractivity contribution < 1.29 is 26.4 Å². The van der Waals surface area contributed by atoms with Crippen LogP contribution in [0.4, 0.5) is 5.69 Å². The summed E-state index contributed by atoms with van der Waals surface area (Å²) < 4.78 is 57.8. The highest BCUT2D eigenvalue weighted by Gasteiger charge is 2.27. The molecule has 34 heavy (non-hydrogen) atoms. The van der Waals surface area contributed by atoms with Crippen LogP contribution in [0.15, 0.2) is 47.4 Å². The van der Waals surface area contributed by atoms with Crippen molar-refractivity contribution in [1.29, 1.82) is 0 Å². The third-order valence-corrected chi connectivity index (χ3v) is 8.45. The molecule has 1 heterocycles. The number of aryl methyl sites for hydroxylation is 2. The van der Waals surface area contributed by atoms with Crippen LogP contribution in [-0.2, 0) is 24.8 Å². The maximum atomic E-state index is 12.6. The number of nitrogens with zero attached hydrogens (tertiary/aromatic N) is 2. The summed E-state index contributed by atoms with van der Waals surface area (Å²) in [5.74, 6) is 0.0165.